The van der Waals surface area contributed by atoms with Gasteiger partial charge < -0.3 is 14.8 Å². The number of aromatic nitrogens is 2. The Hall–Kier alpha value is -2.28. The minimum Gasteiger partial charge on any atom is -0.479 e. The van der Waals surface area contributed by atoms with Crippen LogP contribution in [0.25, 0.3) is 0 Å². The van der Waals surface area contributed by atoms with Crippen molar-refractivity contribution in [3.05, 3.63) is 54.1 Å². The highest BCUT2D eigenvalue weighted by molar-refractivity contribution is 5.78. The summed E-state index contributed by atoms with van der Waals surface area (Å²) in [6, 6.07) is 2.71. The predicted molar refractivity (Wildman–Crippen MR) is 87.9 cm³/mol. The first kappa shape index (κ1) is 19.1. The van der Waals surface area contributed by atoms with Crippen molar-refractivity contribution in [2.24, 2.45) is 0 Å². The number of imidazole rings is 1. The highest BCUT2D eigenvalue weighted by atomic mass is 19.1. The van der Waals surface area contributed by atoms with Gasteiger partial charge in [0.2, 0.25) is 0 Å². The van der Waals surface area contributed by atoms with Gasteiger partial charge >= 0.3 is 5.97 Å². The summed E-state index contributed by atoms with van der Waals surface area (Å²) >= 11 is 0. The number of benzene rings is 1. The first-order chi connectivity index (χ1) is 11.9. The molecule has 1 aromatic carbocycles. The molecule has 0 aliphatic rings. The van der Waals surface area contributed by atoms with Crippen LogP contribution in [0.4, 0.5) is 8.78 Å². The van der Waals surface area contributed by atoms with Gasteiger partial charge in [-0.3, -0.25) is 0 Å². The van der Waals surface area contributed by atoms with Crippen LogP contribution >= 0.6 is 0 Å². The smallest absolute Gasteiger partial charge is 0.333 e. The Morgan fingerprint density at radius 3 is 2.64 bits per heavy atom. The number of aliphatic hydroxyl groups is 1. The number of aliphatic carboxylic acids is 1. The SMILES string of the molecule is CCCCCCC(C(=O)O)(C(O)c1ccc(F)cc1F)n1ccnc1. The second-order valence-corrected chi connectivity index (χ2v) is 6.08. The van der Waals surface area contributed by atoms with E-state index in [-0.39, 0.29) is 12.0 Å². The van der Waals surface area contributed by atoms with E-state index >= 15 is 0 Å². The molecule has 25 heavy (non-hydrogen) atoms. The van der Waals surface area contributed by atoms with Crippen molar-refractivity contribution < 1.29 is 23.8 Å². The van der Waals surface area contributed by atoms with E-state index in [1.807, 2.05) is 6.92 Å². The first-order valence-electron chi connectivity index (χ1n) is 8.28. The van der Waals surface area contributed by atoms with Crippen LogP contribution in [0, 0.1) is 11.6 Å². The van der Waals surface area contributed by atoms with Crippen molar-refractivity contribution in [1.82, 2.24) is 9.55 Å². The molecule has 2 rings (SSSR count). The molecule has 2 atom stereocenters. The van der Waals surface area contributed by atoms with Gasteiger partial charge in [-0.2, -0.15) is 0 Å². The summed E-state index contributed by atoms with van der Waals surface area (Å²) in [4.78, 5) is 16.0. The average Bonchev–Trinajstić information content (AvgIpc) is 3.09. The third kappa shape index (κ3) is 3.87. The van der Waals surface area contributed by atoms with Crippen LogP contribution in [0.5, 0.6) is 0 Å². The van der Waals surface area contributed by atoms with Crippen LogP contribution in [0.2, 0.25) is 0 Å². The molecule has 2 N–H and O–H groups in total. The normalized spacial score (nSPS) is 14.9. The number of aliphatic hydroxyl groups excluding tert-OH is 1. The molecule has 136 valence electrons. The van der Waals surface area contributed by atoms with Gasteiger partial charge in [0, 0.05) is 24.0 Å². The third-order valence-electron chi connectivity index (χ3n) is 4.46. The topological polar surface area (TPSA) is 75.3 Å². The Morgan fingerprint density at radius 1 is 1.32 bits per heavy atom. The van der Waals surface area contributed by atoms with Gasteiger partial charge in [-0.1, -0.05) is 38.7 Å². The number of carboxylic acid groups (broad SMARTS) is 1. The van der Waals surface area contributed by atoms with Gasteiger partial charge in [0.25, 0.3) is 0 Å². The lowest BCUT2D eigenvalue weighted by Crippen LogP contribution is -2.47. The van der Waals surface area contributed by atoms with Crippen LogP contribution in [0.3, 0.4) is 0 Å². The van der Waals surface area contributed by atoms with Gasteiger partial charge in [-0.25, -0.2) is 18.6 Å². The van der Waals surface area contributed by atoms with E-state index in [0.29, 0.717) is 12.5 Å². The fourth-order valence-electron chi connectivity index (χ4n) is 3.04. The van der Waals surface area contributed by atoms with Gasteiger partial charge in [0.1, 0.15) is 17.7 Å². The molecular weight excluding hydrogens is 330 g/mol. The number of nitrogens with zero attached hydrogens (tertiary/aromatic N) is 2. The monoisotopic (exact) mass is 352 g/mol. The zero-order valence-electron chi connectivity index (χ0n) is 14.0. The summed E-state index contributed by atoms with van der Waals surface area (Å²) in [5.41, 5.74) is -2.07. The summed E-state index contributed by atoms with van der Waals surface area (Å²) in [6.07, 6.45) is 5.75. The number of hydrogen-bond donors (Lipinski definition) is 2. The summed E-state index contributed by atoms with van der Waals surface area (Å²) in [7, 11) is 0. The van der Waals surface area contributed by atoms with Crippen molar-refractivity contribution in [2.45, 2.75) is 50.7 Å². The van der Waals surface area contributed by atoms with E-state index in [2.05, 4.69) is 4.98 Å². The van der Waals surface area contributed by atoms with E-state index in [1.54, 1.807) is 0 Å². The second kappa shape index (κ2) is 8.20. The third-order valence-corrected chi connectivity index (χ3v) is 4.46. The summed E-state index contributed by atoms with van der Waals surface area (Å²) < 4.78 is 28.6. The Balaban J connectivity index is 2.46. The Labute approximate surface area is 144 Å². The molecular formula is C18H22F2N2O3. The highest BCUT2D eigenvalue weighted by Crippen LogP contribution is 2.39. The van der Waals surface area contributed by atoms with Crippen molar-refractivity contribution in [3.63, 3.8) is 0 Å². The zero-order chi connectivity index (χ0) is 18.4. The maximum absolute atomic E-state index is 14.2. The van der Waals surface area contributed by atoms with Gasteiger partial charge in [-0.05, 0) is 12.5 Å². The van der Waals surface area contributed by atoms with Gasteiger partial charge in [-0.15, -0.1) is 0 Å². The molecule has 5 nitrogen and oxygen atoms in total. The van der Waals surface area contributed by atoms with Crippen molar-refractivity contribution in [3.8, 4) is 0 Å². The Kier molecular flexibility index (Phi) is 6.25. The molecule has 0 aliphatic heterocycles. The summed E-state index contributed by atoms with van der Waals surface area (Å²) in [5.74, 6) is -3.06. The van der Waals surface area contributed by atoms with Crippen LogP contribution < -0.4 is 0 Å². The number of rotatable bonds is 9. The van der Waals surface area contributed by atoms with Crippen LogP contribution in [0.15, 0.2) is 36.9 Å². The van der Waals surface area contributed by atoms with Crippen LogP contribution in [-0.4, -0.2) is 25.7 Å². The van der Waals surface area contributed by atoms with E-state index in [4.69, 9.17) is 0 Å². The number of carbonyl (C=O) groups is 1. The number of unbranched alkanes of at least 4 members (excludes halogenated alkanes) is 3. The largest absolute Gasteiger partial charge is 0.479 e. The predicted octanol–water partition coefficient (Wildman–Crippen LogP) is 3.65. The molecule has 0 amide bonds. The molecule has 1 heterocycles. The zero-order valence-corrected chi connectivity index (χ0v) is 14.0. The quantitative estimate of drug-likeness (QED) is 0.676. The highest BCUT2D eigenvalue weighted by Gasteiger charge is 2.48. The van der Waals surface area contributed by atoms with E-state index in [0.717, 1.165) is 31.4 Å². The standard InChI is InChI=1S/C18H22F2N2O3/c1-2-3-4-5-8-18(17(24)25,22-10-9-21-12-22)16(23)14-7-6-13(19)11-15(14)20/h6-7,9-12,16,23H,2-5,8H2,1H3,(H,24,25). The van der Waals surface area contributed by atoms with Gasteiger partial charge in [0.05, 0.1) is 6.33 Å². The lowest BCUT2D eigenvalue weighted by Gasteiger charge is -2.35. The minimum atomic E-state index is -1.82. The lowest BCUT2D eigenvalue weighted by molar-refractivity contribution is -0.156. The molecule has 7 heteroatoms. The maximum atomic E-state index is 14.2. The molecule has 0 saturated carbocycles. The average molecular weight is 352 g/mol. The molecule has 0 aliphatic carbocycles. The maximum Gasteiger partial charge on any atom is 0.333 e. The molecule has 0 bridgehead atoms. The van der Waals surface area contributed by atoms with Crippen molar-refractivity contribution in [1.29, 1.82) is 0 Å². The second-order valence-electron chi connectivity index (χ2n) is 6.08. The summed E-state index contributed by atoms with van der Waals surface area (Å²) in [5, 5.41) is 20.7. The molecule has 0 saturated heterocycles. The van der Waals surface area contributed by atoms with Crippen molar-refractivity contribution in [2.75, 3.05) is 0 Å². The number of halogens is 2. The van der Waals surface area contributed by atoms with Gasteiger partial charge in [0.15, 0.2) is 5.54 Å². The van der Waals surface area contributed by atoms with E-state index in [9.17, 15) is 23.8 Å². The fourth-order valence-corrected chi connectivity index (χ4v) is 3.04. The van der Waals surface area contributed by atoms with Crippen molar-refractivity contribution >= 4 is 5.97 Å². The molecule has 0 fully saturated rings. The number of hydrogen-bond acceptors (Lipinski definition) is 3. The minimum absolute atomic E-state index is 0.0939. The summed E-state index contributed by atoms with van der Waals surface area (Å²) in [6.45, 7) is 2.03. The molecule has 2 aromatic rings. The van der Waals surface area contributed by atoms with Crippen LogP contribution in [0.1, 0.15) is 50.7 Å². The molecule has 2 unspecified atom stereocenters. The first-order valence-corrected chi connectivity index (χ1v) is 8.28. The number of carboxylic acids is 1. The molecule has 1 aromatic heterocycles. The Bertz CT molecular complexity index is 706. The lowest BCUT2D eigenvalue weighted by atomic mass is 9.82. The molecule has 0 spiro atoms. The van der Waals surface area contributed by atoms with E-state index in [1.165, 1.54) is 23.3 Å². The fraction of sp³-hybridized carbons (Fsp3) is 0.444. The molecule has 0 radical (unpaired) electrons. The Morgan fingerprint density at radius 2 is 2.08 bits per heavy atom. The van der Waals surface area contributed by atoms with Crippen LogP contribution in [-0.2, 0) is 10.3 Å². The van der Waals surface area contributed by atoms with E-state index < -0.39 is 29.2 Å².